The number of benzene rings is 2. The zero-order chi connectivity index (χ0) is 15.9. The Kier molecular flexibility index (Phi) is 7.29. The number of nitrogens with one attached hydrogen (secondary N) is 2. The van der Waals surface area contributed by atoms with Crippen molar-refractivity contribution in [1.29, 1.82) is 0 Å². The number of hydrogen-bond acceptors (Lipinski definition) is 2. The van der Waals surface area contributed by atoms with Gasteiger partial charge in [-0.05, 0) is 36.4 Å². The summed E-state index contributed by atoms with van der Waals surface area (Å²) in [5.74, 6) is 1.05. The van der Waals surface area contributed by atoms with Crippen LogP contribution in [0.5, 0.6) is 0 Å². The Morgan fingerprint density at radius 3 is 2.00 bits per heavy atom. The van der Waals surface area contributed by atoms with Gasteiger partial charge in [0.2, 0.25) is 5.91 Å². The average molecular weight is 345 g/mol. The van der Waals surface area contributed by atoms with Crippen LogP contribution in [0, 0.1) is 5.92 Å². The summed E-state index contributed by atoms with van der Waals surface area (Å²) in [7, 11) is 0. The molecule has 3 rings (SSSR count). The molecule has 0 bridgehead atoms. The highest BCUT2D eigenvalue weighted by Gasteiger charge is 2.20. The van der Waals surface area contributed by atoms with Crippen LogP contribution in [0.2, 0.25) is 0 Å². The van der Waals surface area contributed by atoms with Gasteiger partial charge in [-0.25, -0.2) is 0 Å². The molecule has 0 aliphatic heterocycles. The predicted molar refractivity (Wildman–Crippen MR) is 101 cm³/mol. The molecular weight excluding hydrogens is 320 g/mol. The highest BCUT2D eigenvalue weighted by atomic mass is 35.5. The SMILES string of the molecule is Cl.O=C(CNCC1CC1)NCC(c1ccccc1)c1ccccc1. The van der Waals surface area contributed by atoms with E-state index >= 15 is 0 Å². The van der Waals surface area contributed by atoms with Crippen molar-refractivity contribution < 1.29 is 4.79 Å². The molecule has 24 heavy (non-hydrogen) atoms. The van der Waals surface area contributed by atoms with Crippen LogP contribution in [0.25, 0.3) is 0 Å². The van der Waals surface area contributed by atoms with Gasteiger partial charge in [0.25, 0.3) is 0 Å². The van der Waals surface area contributed by atoms with Crippen molar-refractivity contribution in [2.45, 2.75) is 18.8 Å². The minimum atomic E-state index is 0. The minimum absolute atomic E-state index is 0. The van der Waals surface area contributed by atoms with E-state index in [1.165, 1.54) is 24.0 Å². The fraction of sp³-hybridized carbons (Fsp3) is 0.350. The van der Waals surface area contributed by atoms with Gasteiger partial charge < -0.3 is 10.6 Å². The molecule has 1 amide bonds. The predicted octanol–water partition coefficient (Wildman–Crippen LogP) is 3.36. The van der Waals surface area contributed by atoms with Crippen LogP contribution in [-0.4, -0.2) is 25.5 Å². The lowest BCUT2D eigenvalue weighted by molar-refractivity contribution is -0.120. The van der Waals surface area contributed by atoms with Crippen LogP contribution in [-0.2, 0) is 4.79 Å². The van der Waals surface area contributed by atoms with Crippen molar-refractivity contribution in [3.05, 3.63) is 71.8 Å². The monoisotopic (exact) mass is 344 g/mol. The first kappa shape index (κ1) is 18.5. The van der Waals surface area contributed by atoms with Gasteiger partial charge in [-0.15, -0.1) is 12.4 Å². The van der Waals surface area contributed by atoms with Gasteiger partial charge in [-0.3, -0.25) is 4.79 Å². The molecule has 0 heterocycles. The number of amides is 1. The van der Waals surface area contributed by atoms with Gasteiger partial charge in [0, 0.05) is 12.5 Å². The van der Waals surface area contributed by atoms with Crippen molar-refractivity contribution >= 4 is 18.3 Å². The fourth-order valence-corrected chi connectivity index (χ4v) is 2.79. The molecule has 1 aliphatic carbocycles. The van der Waals surface area contributed by atoms with Gasteiger partial charge in [0.1, 0.15) is 0 Å². The largest absolute Gasteiger partial charge is 0.354 e. The Hall–Kier alpha value is -1.84. The standard InChI is InChI=1S/C20H24N2O.ClH/c23-20(15-21-13-16-11-12-16)22-14-19(17-7-3-1-4-8-17)18-9-5-2-6-10-18;/h1-10,16,19,21H,11-15H2,(H,22,23);1H. The zero-order valence-corrected chi connectivity index (χ0v) is 14.6. The average Bonchev–Trinajstić information content (AvgIpc) is 3.41. The van der Waals surface area contributed by atoms with Gasteiger partial charge in [0.05, 0.1) is 6.54 Å². The molecule has 0 spiro atoms. The molecule has 128 valence electrons. The van der Waals surface area contributed by atoms with E-state index in [1.54, 1.807) is 0 Å². The maximum absolute atomic E-state index is 12.0. The Labute approximate surface area is 150 Å². The molecule has 1 saturated carbocycles. The van der Waals surface area contributed by atoms with Gasteiger partial charge >= 0.3 is 0 Å². The summed E-state index contributed by atoms with van der Waals surface area (Å²) in [6.07, 6.45) is 2.61. The van der Waals surface area contributed by atoms with E-state index in [1.807, 2.05) is 36.4 Å². The maximum Gasteiger partial charge on any atom is 0.233 e. The maximum atomic E-state index is 12.0. The summed E-state index contributed by atoms with van der Waals surface area (Å²) in [5, 5.41) is 6.31. The van der Waals surface area contributed by atoms with Crippen LogP contribution in [0.3, 0.4) is 0 Å². The molecule has 2 aromatic carbocycles. The second kappa shape index (κ2) is 9.45. The van der Waals surface area contributed by atoms with Gasteiger partial charge in [-0.2, -0.15) is 0 Å². The van der Waals surface area contributed by atoms with Crippen LogP contribution in [0.15, 0.2) is 60.7 Å². The van der Waals surface area contributed by atoms with Crippen molar-refractivity contribution in [3.63, 3.8) is 0 Å². The topological polar surface area (TPSA) is 41.1 Å². The molecule has 0 saturated heterocycles. The van der Waals surface area contributed by atoms with Crippen LogP contribution in [0.1, 0.15) is 29.9 Å². The summed E-state index contributed by atoms with van der Waals surface area (Å²) in [5.41, 5.74) is 2.45. The van der Waals surface area contributed by atoms with Crippen LogP contribution >= 0.6 is 12.4 Å². The molecule has 2 aromatic rings. The third-order valence-electron chi connectivity index (χ3n) is 4.32. The van der Waals surface area contributed by atoms with Crippen molar-refractivity contribution in [3.8, 4) is 0 Å². The Bertz CT molecular complexity index is 575. The highest BCUT2D eigenvalue weighted by molar-refractivity contribution is 5.85. The summed E-state index contributed by atoms with van der Waals surface area (Å²) in [6, 6.07) is 20.7. The molecular formula is C20H25ClN2O. The first-order chi connectivity index (χ1) is 11.3. The Balaban J connectivity index is 0.00000208. The minimum Gasteiger partial charge on any atom is -0.354 e. The van der Waals surface area contributed by atoms with E-state index in [-0.39, 0.29) is 24.2 Å². The number of halogens is 1. The molecule has 4 heteroatoms. The fourth-order valence-electron chi connectivity index (χ4n) is 2.79. The second-order valence-electron chi connectivity index (χ2n) is 6.25. The Morgan fingerprint density at radius 2 is 1.50 bits per heavy atom. The number of carbonyl (C=O) groups excluding carboxylic acids is 1. The first-order valence-corrected chi connectivity index (χ1v) is 8.40. The lowest BCUT2D eigenvalue weighted by Crippen LogP contribution is -2.37. The van der Waals surface area contributed by atoms with E-state index in [4.69, 9.17) is 0 Å². The normalized spacial score (nSPS) is 13.4. The summed E-state index contributed by atoms with van der Waals surface area (Å²) < 4.78 is 0. The lowest BCUT2D eigenvalue weighted by atomic mass is 9.91. The number of hydrogen-bond donors (Lipinski definition) is 2. The molecule has 3 nitrogen and oxygen atoms in total. The van der Waals surface area contributed by atoms with Crippen LogP contribution in [0.4, 0.5) is 0 Å². The quantitative estimate of drug-likeness (QED) is 0.771. The molecule has 2 N–H and O–H groups in total. The summed E-state index contributed by atoms with van der Waals surface area (Å²) in [4.78, 5) is 12.0. The third kappa shape index (κ3) is 5.66. The number of carbonyl (C=O) groups is 1. The van der Waals surface area contributed by atoms with E-state index < -0.39 is 0 Å². The lowest BCUT2D eigenvalue weighted by Gasteiger charge is -2.19. The molecule has 0 atom stereocenters. The Morgan fingerprint density at radius 1 is 0.958 bits per heavy atom. The van der Waals surface area contributed by atoms with Gasteiger partial charge in [0.15, 0.2) is 0 Å². The molecule has 1 aliphatic rings. The van der Waals surface area contributed by atoms with E-state index in [0.717, 1.165) is 12.5 Å². The van der Waals surface area contributed by atoms with E-state index in [9.17, 15) is 4.79 Å². The zero-order valence-electron chi connectivity index (χ0n) is 13.8. The van der Waals surface area contributed by atoms with Crippen molar-refractivity contribution in [2.75, 3.05) is 19.6 Å². The van der Waals surface area contributed by atoms with Crippen molar-refractivity contribution in [1.82, 2.24) is 10.6 Å². The second-order valence-corrected chi connectivity index (χ2v) is 6.25. The first-order valence-electron chi connectivity index (χ1n) is 8.40. The third-order valence-corrected chi connectivity index (χ3v) is 4.32. The molecule has 0 aromatic heterocycles. The van der Waals surface area contributed by atoms with Gasteiger partial charge in [-0.1, -0.05) is 60.7 Å². The molecule has 1 fully saturated rings. The summed E-state index contributed by atoms with van der Waals surface area (Å²) >= 11 is 0. The molecule has 0 unspecified atom stereocenters. The number of rotatable bonds is 8. The van der Waals surface area contributed by atoms with Crippen LogP contribution < -0.4 is 10.6 Å². The summed E-state index contributed by atoms with van der Waals surface area (Å²) in [6.45, 7) is 2.00. The molecule has 0 radical (unpaired) electrons. The van der Waals surface area contributed by atoms with Crippen molar-refractivity contribution in [2.24, 2.45) is 5.92 Å². The smallest absolute Gasteiger partial charge is 0.233 e. The highest BCUT2D eigenvalue weighted by Crippen LogP contribution is 2.27. The van der Waals surface area contributed by atoms with E-state index in [2.05, 4.69) is 34.9 Å². The van der Waals surface area contributed by atoms with E-state index in [0.29, 0.717) is 13.1 Å².